The highest BCUT2D eigenvalue weighted by atomic mass is 16.3. The molecule has 0 bridgehead atoms. The number of benzene rings is 3. The molecule has 3 aromatic carbocycles. The molecule has 0 saturated carbocycles. The highest BCUT2D eigenvalue weighted by Gasteiger charge is 2.13. The molecule has 0 unspecified atom stereocenters. The standard InChI is InChI=1S/C21H15N3O3/c25-19(22-14-6-7-16-17(10-14)24-21(26)23-16)9-13-11-27-18-8-5-12-3-1-2-4-15(12)20(13)18/h1-8,10-11H,9H2,(H,22,25)(H2,23,24,26). The lowest BCUT2D eigenvalue weighted by atomic mass is 10.0. The van der Waals surface area contributed by atoms with Crippen LogP contribution in [0, 0.1) is 0 Å². The van der Waals surface area contributed by atoms with Crippen molar-refractivity contribution >= 4 is 44.4 Å². The Labute approximate surface area is 152 Å². The fourth-order valence-electron chi connectivity index (χ4n) is 3.49. The summed E-state index contributed by atoms with van der Waals surface area (Å²) in [5, 5.41) is 6.02. The van der Waals surface area contributed by atoms with E-state index in [0.717, 1.165) is 27.3 Å². The third-order valence-corrected chi connectivity index (χ3v) is 4.69. The predicted molar refractivity (Wildman–Crippen MR) is 105 cm³/mol. The van der Waals surface area contributed by atoms with E-state index in [1.807, 2.05) is 36.4 Å². The summed E-state index contributed by atoms with van der Waals surface area (Å²) in [6, 6.07) is 17.2. The van der Waals surface area contributed by atoms with Gasteiger partial charge < -0.3 is 19.7 Å². The number of amides is 1. The molecule has 0 aliphatic rings. The van der Waals surface area contributed by atoms with Gasteiger partial charge in [-0.15, -0.1) is 0 Å². The summed E-state index contributed by atoms with van der Waals surface area (Å²) in [5.74, 6) is -0.150. The molecule has 3 N–H and O–H groups in total. The number of aromatic nitrogens is 2. The van der Waals surface area contributed by atoms with Gasteiger partial charge in [-0.3, -0.25) is 4.79 Å². The summed E-state index contributed by atoms with van der Waals surface area (Å²) < 4.78 is 5.64. The summed E-state index contributed by atoms with van der Waals surface area (Å²) >= 11 is 0. The Hall–Kier alpha value is -3.80. The maximum atomic E-state index is 12.6. The molecule has 0 fully saturated rings. The van der Waals surface area contributed by atoms with Crippen molar-refractivity contribution in [2.45, 2.75) is 6.42 Å². The SMILES string of the molecule is O=C(Cc1coc2ccc3ccccc3c12)Nc1ccc2[nH]c(=O)[nH]c2c1. The van der Waals surface area contributed by atoms with Crippen molar-refractivity contribution in [1.29, 1.82) is 0 Å². The number of carbonyl (C=O) groups excluding carboxylic acids is 1. The van der Waals surface area contributed by atoms with Gasteiger partial charge in [-0.05, 0) is 35.0 Å². The second kappa shape index (κ2) is 5.88. The average Bonchev–Trinajstić information content (AvgIpc) is 3.24. The molecule has 1 amide bonds. The molecular formula is C21H15N3O3. The van der Waals surface area contributed by atoms with E-state index in [1.165, 1.54) is 0 Å². The number of rotatable bonds is 3. The van der Waals surface area contributed by atoms with Crippen LogP contribution >= 0.6 is 0 Å². The Morgan fingerprint density at radius 2 is 1.85 bits per heavy atom. The Balaban J connectivity index is 1.46. The molecular weight excluding hydrogens is 342 g/mol. The van der Waals surface area contributed by atoms with Gasteiger partial charge in [-0.2, -0.15) is 0 Å². The Bertz CT molecular complexity index is 1370. The van der Waals surface area contributed by atoms with E-state index in [-0.39, 0.29) is 18.0 Å². The Kier molecular flexibility index (Phi) is 3.36. The third kappa shape index (κ3) is 2.67. The third-order valence-electron chi connectivity index (χ3n) is 4.69. The summed E-state index contributed by atoms with van der Waals surface area (Å²) in [6.07, 6.45) is 1.84. The van der Waals surface area contributed by atoms with Gasteiger partial charge in [0.1, 0.15) is 5.58 Å². The molecule has 0 saturated heterocycles. The normalized spacial score (nSPS) is 11.4. The van der Waals surface area contributed by atoms with Crippen LogP contribution in [0.2, 0.25) is 0 Å². The zero-order valence-electron chi connectivity index (χ0n) is 14.2. The van der Waals surface area contributed by atoms with Gasteiger partial charge in [-0.25, -0.2) is 4.79 Å². The maximum Gasteiger partial charge on any atom is 0.323 e. The zero-order chi connectivity index (χ0) is 18.4. The first-order valence-electron chi connectivity index (χ1n) is 8.57. The van der Waals surface area contributed by atoms with Crippen LogP contribution < -0.4 is 11.0 Å². The fourth-order valence-corrected chi connectivity index (χ4v) is 3.49. The summed E-state index contributed by atoms with van der Waals surface area (Å²) in [6.45, 7) is 0. The highest BCUT2D eigenvalue weighted by Crippen LogP contribution is 2.30. The van der Waals surface area contributed by atoms with Gasteiger partial charge in [0.25, 0.3) is 0 Å². The van der Waals surface area contributed by atoms with E-state index in [1.54, 1.807) is 24.5 Å². The lowest BCUT2D eigenvalue weighted by Crippen LogP contribution is -2.14. The van der Waals surface area contributed by atoms with E-state index in [4.69, 9.17) is 4.42 Å². The molecule has 5 rings (SSSR count). The van der Waals surface area contributed by atoms with Crippen LogP contribution in [0.25, 0.3) is 32.8 Å². The first-order valence-corrected chi connectivity index (χ1v) is 8.57. The number of aromatic amines is 2. The first-order chi connectivity index (χ1) is 13.2. The van der Waals surface area contributed by atoms with Gasteiger partial charge >= 0.3 is 5.69 Å². The lowest BCUT2D eigenvalue weighted by Gasteiger charge is -2.05. The number of hydrogen-bond acceptors (Lipinski definition) is 3. The minimum atomic E-state index is -0.273. The summed E-state index contributed by atoms with van der Waals surface area (Å²) in [7, 11) is 0. The van der Waals surface area contributed by atoms with Crippen molar-refractivity contribution in [3.8, 4) is 0 Å². The van der Waals surface area contributed by atoms with Crippen LogP contribution in [0.3, 0.4) is 0 Å². The van der Waals surface area contributed by atoms with E-state index >= 15 is 0 Å². The molecule has 132 valence electrons. The molecule has 6 heteroatoms. The highest BCUT2D eigenvalue weighted by molar-refractivity contribution is 6.09. The van der Waals surface area contributed by atoms with Crippen molar-refractivity contribution in [1.82, 2.24) is 9.97 Å². The molecule has 0 aliphatic heterocycles. The van der Waals surface area contributed by atoms with Crippen molar-refractivity contribution < 1.29 is 9.21 Å². The van der Waals surface area contributed by atoms with Crippen LogP contribution in [0.15, 0.2) is 70.1 Å². The largest absolute Gasteiger partial charge is 0.464 e. The van der Waals surface area contributed by atoms with E-state index in [9.17, 15) is 9.59 Å². The Morgan fingerprint density at radius 3 is 2.78 bits per heavy atom. The van der Waals surface area contributed by atoms with Gasteiger partial charge in [0.05, 0.1) is 23.7 Å². The van der Waals surface area contributed by atoms with Crippen molar-refractivity contribution in [2.24, 2.45) is 0 Å². The number of carbonyl (C=O) groups is 1. The molecule has 6 nitrogen and oxygen atoms in total. The van der Waals surface area contributed by atoms with E-state index in [0.29, 0.717) is 16.7 Å². The van der Waals surface area contributed by atoms with Gasteiger partial charge in [0, 0.05) is 16.6 Å². The average molecular weight is 357 g/mol. The minimum absolute atomic E-state index is 0.150. The summed E-state index contributed by atoms with van der Waals surface area (Å²) in [5.41, 5.74) is 3.31. The fraction of sp³-hybridized carbons (Fsp3) is 0.0476. The molecule has 0 aliphatic carbocycles. The number of H-pyrrole nitrogens is 2. The first kappa shape index (κ1) is 15.5. The molecule has 27 heavy (non-hydrogen) atoms. The number of imidazole rings is 1. The van der Waals surface area contributed by atoms with Crippen molar-refractivity contribution in [3.63, 3.8) is 0 Å². The molecule has 5 aromatic rings. The van der Waals surface area contributed by atoms with Gasteiger partial charge in [-0.1, -0.05) is 30.3 Å². The van der Waals surface area contributed by atoms with Crippen LogP contribution in [0.4, 0.5) is 5.69 Å². The molecule has 0 atom stereocenters. The van der Waals surface area contributed by atoms with Gasteiger partial charge in [0.2, 0.25) is 5.91 Å². The lowest BCUT2D eigenvalue weighted by molar-refractivity contribution is -0.115. The predicted octanol–water partition coefficient (Wildman–Crippen LogP) is 3.94. The zero-order valence-corrected chi connectivity index (χ0v) is 14.2. The molecule has 0 spiro atoms. The second-order valence-corrected chi connectivity index (χ2v) is 6.49. The molecule has 2 aromatic heterocycles. The number of fused-ring (bicyclic) bond motifs is 4. The Morgan fingerprint density at radius 1 is 1.00 bits per heavy atom. The van der Waals surface area contributed by atoms with Gasteiger partial charge in [0.15, 0.2) is 0 Å². The van der Waals surface area contributed by atoms with Crippen LogP contribution in [-0.2, 0) is 11.2 Å². The van der Waals surface area contributed by atoms with E-state index < -0.39 is 0 Å². The maximum absolute atomic E-state index is 12.6. The quantitative estimate of drug-likeness (QED) is 0.457. The number of anilines is 1. The smallest absolute Gasteiger partial charge is 0.323 e. The monoisotopic (exact) mass is 357 g/mol. The molecule has 2 heterocycles. The topological polar surface area (TPSA) is 90.9 Å². The van der Waals surface area contributed by atoms with Crippen molar-refractivity contribution in [3.05, 3.63) is 76.9 Å². The number of furan rings is 1. The van der Waals surface area contributed by atoms with Crippen LogP contribution in [0.1, 0.15) is 5.56 Å². The molecule has 0 radical (unpaired) electrons. The minimum Gasteiger partial charge on any atom is -0.464 e. The number of hydrogen-bond donors (Lipinski definition) is 3. The number of nitrogens with one attached hydrogen (secondary N) is 3. The van der Waals surface area contributed by atoms with Crippen LogP contribution in [-0.4, -0.2) is 15.9 Å². The van der Waals surface area contributed by atoms with Crippen molar-refractivity contribution in [2.75, 3.05) is 5.32 Å². The van der Waals surface area contributed by atoms with E-state index in [2.05, 4.69) is 15.3 Å². The van der Waals surface area contributed by atoms with Crippen LogP contribution in [0.5, 0.6) is 0 Å². The second-order valence-electron chi connectivity index (χ2n) is 6.49. The summed E-state index contributed by atoms with van der Waals surface area (Å²) in [4.78, 5) is 29.3.